The Hall–Kier alpha value is -2.74. The average Bonchev–Trinajstić information content (AvgIpc) is 2.67. The molecule has 5 nitrogen and oxygen atoms in total. The van der Waals surface area contributed by atoms with Crippen LogP contribution in [0.1, 0.15) is 26.7 Å². The van der Waals surface area contributed by atoms with Crippen LogP contribution in [0.4, 0.5) is 8.78 Å². The number of nitrogens with one attached hydrogen (secondary N) is 1. The maximum atomic E-state index is 14.4. The van der Waals surface area contributed by atoms with Crippen molar-refractivity contribution in [2.24, 2.45) is 0 Å². The summed E-state index contributed by atoms with van der Waals surface area (Å²) in [6.45, 7) is 3.95. The van der Waals surface area contributed by atoms with Crippen LogP contribution >= 0.6 is 11.8 Å². The van der Waals surface area contributed by atoms with Gasteiger partial charge < -0.3 is 5.32 Å². The van der Waals surface area contributed by atoms with Gasteiger partial charge in [0, 0.05) is 12.1 Å². The lowest BCUT2D eigenvalue weighted by Gasteiger charge is -2.15. The van der Waals surface area contributed by atoms with E-state index in [9.17, 15) is 18.4 Å². The van der Waals surface area contributed by atoms with Crippen molar-refractivity contribution < 1.29 is 13.6 Å². The SMILES string of the molecule is CCCC(C)NC(=O)CSc1nc2ccccc2c(=O)n1-c1ccc(F)cc1F. The Bertz CT molecular complexity index is 1100. The molecule has 1 heterocycles. The summed E-state index contributed by atoms with van der Waals surface area (Å²) in [5.41, 5.74) is -0.154. The first-order valence-electron chi connectivity index (χ1n) is 9.30. The number of hydrogen-bond acceptors (Lipinski definition) is 4. The molecule has 0 aliphatic carbocycles. The standard InChI is InChI=1S/C21H21F2N3O2S/c1-3-6-13(2)24-19(27)12-29-21-25-17-8-5-4-7-15(17)20(28)26(21)18-10-9-14(22)11-16(18)23/h4-5,7-11,13H,3,6,12H2,1-2H3,(H,24,27). The molecule has 8 heteroatoms. The van der Waals surface area contributed by atoms with Crippen molar-refractivity contribution in [3.05, 3.63) is 64.5 Å². The van der Waals surface area contributed by atoms with Gasteiger partial charge in [-0.25, -0.2) is 13.8 Å². The van der Waals surface area contributed by atoms with E-state index >= 15 is 0 Å². The van der Waals surface area contributed by atoms with E-state index in [-0.39, 0.29) is 28.5 Å². The van der Waals surface area contributed by atoms with E-state index in [0.717, 1.165) is 35.2 Å². The van der Waals surface area contributed by atoms with Gasteiger partial charge in [0.2, 0.25) is 5.91 Å². The summed E-state index contributed by atoms with van der Waals surface area (Å²) in [6.07, 6.45) is 1.81. The van der Waals surface area contributed by atoms with E-state index in [1.54, 1.807) is 24.3 Å². The van der Waals surface area contributed by atoms with Gasteiger partial charge in [0.25, 0.3) is 5.56 Å². The number of nitrogens with zero attached hydrogens (tertiary/aromatic N) is 2. The fourth-order valence-electron chi connectivity index (χ4n) is 3.04. The van der Waals surface area contributed by atoms with Crippen molar-refractivity contribution in [1.82, 2.24) is 14.9 Å². The van der Waals surface area contributed by atoms with Gasteiger partial charge in [0.1, 0.15) is 11.6 Å². The van der Waals surface area contributed by atoms with Crippen LogP contribution in [0.2, 0.25) is 0 Å². The zero-order valence-electron chi connectivity index (χ0n) is 16.1. The maximum absolute atomic E-state index is 14.4. The van der Waals surface area contributed by atoms with Gasteiger partial charge in [-0.1, -0.05) is 37.2 Å². The molecule has 1 atom stereocenters. The van der Waals surface area contributed by atoms with Gasteiger partial charge in [-0.2, -0.15) is 0 Å². The van der Waals surface area contributed by atoms with Gasteiger partial charge in [-0.3, -0.25) is 14.2 Å². The Balaban J connectivity index is 2.01. The minimum Gasteiger partial charge on any atom is -0.353 e. The van der Waals surface area contributed by atoms with Gasteiger partial charge in [-0.05, 0) is 37.6 Å². The summed E-state index contributed by atoms with van der Waals surface area (Å²) in [6, 6.07) is 9.71. The molecule has 152 valence electrons. The highest BCUT2D eigenvalue weighted by atomic mass is 32.2. The Kier molecular flexibility index (Phi) is 6.64. The Morgan fingerprint density at radius 1 is 1.24 bits per heavy atom. The van der Waals surface area contributed by atoms with E-state index < -0.39 is 17.2 Å². The molecular weight excluding hydrogens is 396 g/mol. The monoisotopic (exact) mass is 417 g/mol. The fourth-order valence-corrected chi connectivity index (χ4v) is 3.85. The zero-order chi connectivity index (χ0) is 21.0. The van der Waals surface area contributed by atoms with Crippen LogP contribution < -0.4 is 10.9 Å². The molecule has 3 aromatic rings. The van der Waals surface area contributed by atoms with Crippen molar-refractivity contribution in [1.29, 1.82) is 0 Å². The van der Waals surface area contributed by atoms with Gasteiger partial charge in [-0.15, -0.1) is 0 Å². The average molecular weight is 417 g/mol. The summed E-state index contributed by atoms with van der Waals surface area (Å²) in [4.78, 5) is 29.7. The predicted molar refractivity (Wildman–Crippen MR) is 110 cm³/mol. The number of hydrogen-bond donors (Lipinski definition) is 1. The highest BCUT2D eigenvalue weighted by Gasteiger charge is 2.18. The topological polar surface area (TPSA) is 64.0 Å². The number of halogens is 2. The molecule has 0 saturated heterocycles. The third kappa shape index (κ3) is 4.82. The first kappa shape index (κ1) is 21.0. The normalized spacial score (nSPS) is 12.1. The molecular formula is C21H21F2N3O2S. The van der Waals surface area contributed by atoms with E-state index in [1.165, 1.54) is 6.07 Å². The molecule has 3 rings (SSSR count). The second kappa shape index (κ2) is 9.17. The van der Waals surface area contributed by atoms with Crippen LogP contribution in [0.3, 0.4) is 0 Å². The van der Waals surface area contributed by atoms with Crippen molar-refractivity contribution in [3.8, 4) is 5.69 Å². The van der Waals surface area contributed by atoms with Gasteiger partial charge in [0.15, 0.2) is 5.16 Å². The second-order valence-corrected chi connectivity index (χ2v) is 7.64. The summed E-state index contributed by atoms with van der Waals surface area (Å²) in [5, 5.41) is 3.35. The molecule has 1 unspecified atom stereocenters. The molecule has 29 heavy (non-hydrogen) atoms. The number of benzene rings is 2. The minimum atomic E-state index is -0.882. The summed E-state index contributed by atoms with van der Waals surface area (Å²) >= 11 is 1.03. The number of thioether (sulfide) groups is 1. The molecule has 0 bridgehead atoms. The third-order valence-electron chi connectivity index (χ3n) is 4.36. The molecule has 0 fully saturated rings. The largest absolute Gasteiger partial charge is 0.353 e. The lowest BCUT2D eigenvalue weighted by Crippen LogP contribution is -2.34. The molecule has 1 N–H and O–H groups in total. The van der Waals surface area contributed by atoms with Crippen LogP contribution in [0.5, 0.6) is 0 Å². The second-order valence-electron chi connectivity index (χ2n) is 6.69. The maximum Gasteiger partial charge on any atom is 0.266 e. The van der Waals surface area contributed by atoms with Gasteiger partial charge >= 0.3 is 0 Å². The number of rotatable bonds is 7. The van der Waals surface area contributed by atoms with Crippen LogP contribution in [-0.4, -0.2) is 27.3 Å². The van der Waals surface area contributed by atoms with Gasteiger partial charge in [0.05, 0.1) is 22.3 Å². The van der Waals surface area contributed by atoms with E-state index in [4.69, 9.17) is 0 Å². The van der Waals surface area contributed by atoms with Crippen LogP contribution in [0, 0.1) is 11.6 Å². The molecule has 0 aliphatic heterocycles. The number of carbonyl (C=O) groups is 1. The Morgan fingerprint density at radius 3 is 2.72 bits per heavy atom. The fraction of sp³-hybridized carbons (Fsp3) is 0.286. The van der Waals surface area contributed by atoms with Crippen molar-refractivity contribution >= 4 is 28.6 Å². The summed E-state index contributed by atoms with van der Waals surface area (Å²) in [5.74, 6) is -1.81. The third-order valence-corrected chi connectivity index (χ3v) is 5.30. The van der Waals surface area contributed by atoms with Crippen molar-refractivity contribution in [3.63, 3.8) is 0 Å². The molecule has 0 spiro atoms. The quantitative estimate of drug-likeness (QED) is 0.465. The Morgan fingerprint density at radius 2 is 2.00 bits per heavy atom. The summed E-state index contributed by atoms with van der Waals surface area (Å²) in [7, 11) is 0. The van der Waals surface area contributed by atoms with Crippen molar-refractivity contribution in [2.75, 3.05) is 5.75 Å². The number of fused-ring (bicyclic) bond motifs is 1. The first-order valence-corrected chi connectivity index (χ1v) is 10.3. The molecule has 0 saturated carbocycles. The van der Waals surface area contributed by atoms with Crippen LogP contribution in [-0.2, 0) is 4.79 Å². The molecule has 1 amide bonds. The zero-order valence-corrected chi connectivity index (χ0v) is 16.9. The van der Waals surface area contributed by atoms with E-state index in [2.05, 4.69) is 10.3 Å². The number of aromatic nitrogens is 2. The smallest absolute Gasteiger partial charge is 0.266 e. The first-order chi connectivity index (χ1) is 13.9. The molecule has 2 aromatic carbocycles. The minimum absolute atomic E-state index is 0.0155. The highest BCUT2D eigenvalue weighted by molar-refractivity contribution is 7.99. The molecule has 0 radical (unpaired) electrons. The predicted octanol–water partition coefficient (Wildman–Crippen LogP) is 4.06. The summed E-state index contributed by atoms with van der Waals surface area (Å²) < 4.78 is 28.9. The molecule has 1 aromatic heterocycles. The van der Waals surface area contributed by atoms with Crippen LogP contribution in [0.25, 0.3) is 16.6 Å². The van der Waals surface area contributed by atoms with Crippen LogP contribution in [0.15, 0.2) is 52.4 Å². The van der Waals surface area contributed by atoms with E-state index in [0.29, 0.717) is 17.0 Å². The number of carbonyl (C=O) groups excluding carboxylic acids is 1. The number of para-hydroxylation sites is 1. The van der Waals surface area contributed by atoms with Crippen molar-refractivity contribution in [2.45, 2.75) is 37.9 Å². The van der Waals surface area contributed by atoms with E-state index in [1.807, 2.05) is 13.8 Å². The lowest BCUT2D eigenvalue weighted by molar-refractivity contribution is -0.119. The number of amides is 1. The Labute approximate surface area is 171 Å². The highest BCUT2D eigenvalue weighted by Crippen LogP contribution is 2.23. The molecule has 0 aliphatic rings. The lowest BCUT2D eigenvalue weighted by atomic mass is 10.2.